The topological polar surface area (TPSA) is 75.7 Å². The molecule has 0 aromatic heterocycles. The molecule has 1 amide bonds. The lowest BCUT2D eigenvalue weighted by molar-refractivity contribution is -0.120. The summed E-state index contributed by atoms with van der Waals surface area (Å²) in [5, 5.41) is 3.14. The number of piperidine rings is 1. The van der Waals surface area contributed by atoms with E-state index in [-0.39, 0.29) is 37.9 Å². The van der Waals surface area contributed by atoms with Crippen LogP contribution in [0.4, 0.5) is 14.5 Å². The fourth-order valence-electron chi connectivity index (χ4n) is 3.34. The van der Waals surface area contributed by atoms with Crippen LogP contribution in [0, 0.1) is 17.6 Å². The number of benzene rings is 2. The third-order valence-electron chi connectivity index (χ3n) is 4.90. The molecule has 1 saturated heterocycles. The summed E-state index contributed by atoms with van der Waals surface area (Å²) >= 11 is 6.19. The molecular formula is C21H23ClF2N2O4S. The van der Waals surface area contributed by atoms with E-state index in [1.165, 1.54) is 0 Å². The van der Waals surface area contributed by atoms with Crippen molar-refractivity contribution in [2.45, 2.75) is 37.7 Å². The molecule has 31 heavy (non-hydrogen) atoms. The minimum absolute atomic E-state index is 0.0261. The molecule has 1 heterocycles. The van der Waals surface area contributed by atoms with E-state index in [0.717, 1.165) is 16.4 Å². The molecule has 0 atom stereocenters. The highest BCUT2D eigenvalue weighted by Gasteiger charge is 2.33. The summed E-state index contributed by atoms with van der Waals surface area (Å²) in [5.74, 6) is -2.02. The molecule has 1 aliphatic rings. The average molecular weight is 473 g/mol. The van der Waals surface area contributed by atoms with Crippen molar-refractivity contribution in [3.05, 3.63) is 53.1 Å². The van der Waals surface area contributed by atoms with Gasteiger partial charge in [-0.15, -0.1) is 0 Å². The number of hydrogen-bond acceptors (Lipinski definition) is 4. The molecule has 0 bridgehead atoms. The summed E-state index contributed by atoms with van der Waals surface area (Å²) in [6, 6.07) is 7.24. The number of amides is 1. The van der Waals surface area contributed by atoms with Gasteiger partial charge in [-0.25, -0.2) is 17.2 Å². The van der Waals surface area contributed by atoms with Gasteiger partial charge in [0.15, 0.2) is 0 Å². The second-order valence-corrected chi connectivity index (χ2v) is 9.87. The van der Waals surface area contributed by atoms with Crippen molar-refractivity contribution < 1.29 is 26.7 Å². The molecule has 2 aromatic carbocycles. The molecule has 10 heteroatoms. The first kappa shape index (κ1) is 23.4. The zero-order chi connectivity index (χ0) is 22.8. The maximum absolute atomic E-state index is 13.9. The Kier molecular flexibility index (Phi) is 7.18. The van der Waals surface area contributed by atoms with Gasteiger partial charge in [0.1, 0.15) is 22.3 Å². The number of carbonyl (C=O) groups excluding carboxylic acids is 1. The van der Waals surface area contributed by atoms with Crippen molar-refractivity contribution in [2.24, 2.45) is 5.92 Å². The first-order valence-corrected chi connectivity index (χ1v) is 11.6. The minimum atomic E-state index is -4.19. The first-order valence-electron chi connectivity index (χ1n) is 9.80. The Morgan fingerprint density at radius 2 is 1.84 bits per heavy atom. The Hall–Kier alpha value is -2.23. The van der Waals surface area contributed by atoms with Crippen molar-refractivity contribution in [3.8, 4) is 5.75 Å². The second-order valence-electron chi connectivity index (χ2n) is 7.55. The maximum Gasteiger partial charge on any atom is 0.246 e. The van der Waals surface area contributed by atoms with E-state index in [1.807, 2.05) is 13.8 Å². The standard InChI is InChI=1S/C21H23ClF2N2O4S/c1-13(2)30-19-6-4-16(12-17(19)22)25-21(27)14-7-9-26(10-8-14)31(28,29)20-11-15(23)3-5-18(20)24/h3-6,11-14H,7-10H2,1-2H3,(H,25,27). The number of nitrogens with zero attached hydrogens (tertiary/aromatic N) is 1. The highest BCUT2D eigenvalue weighted by molar-refractivity contribution is 7.89. The van der Waals surface area contributed by atoms with Crippen LogP contribution in [-0.2, 0) is 14.8 Å². The normalized spacial score (nSPS) is 15.8. The number of halogens is 3. The SMILES string of the molecule is CC(C)Oc1ccc(NC(=O)C2CCN(S(=O)(=O)c3cc(F)ccc3F)CC2)cc1Cl. The number of rotatable bonds is 6. The van der Waals surface area contributed by atoms with Crippen LogP contribution in [0.15, 0.2) is 41.3 Å². The second kappa shape index (κ2) is 9.50. The van der Waals surface area contributed by atoms with E-state index in [2.05, 4.69) is 5.32 Å². The lowest BCUT2D eigenvalue weighted by Crippen LogP contribution is -2.41. The van der Waals surface area contributed by atoms with E-state index < -0.39 is 32.5 Å². The molecule has 0 aliphatic carbocycles. The van der Waals surface area contributed by atoms with E-state index in [9.17, 15) is 22.0 Å². The zero-order valence-electron chi connectivity index (χ0n) is 17.1. The molecule has 2 aromatic rings. The monoisotopic (exact) mass is 472 g/mol. The summed E-state index contributed by atoms with van der Waals surface area (Å²) in [5.41, 5.74) is 0.503. The molecule has 1 N–H and O–H groups in total. The highest BCUT2D eigenvalue weighted by Crippen LogP contribution is 2.30. The van der Waals surface area contributed by atoms with Gasteiger partial charge in [-0.05, 0) is 63.1 Å². The Bertz CT molecular complexity index is 1070. The van der Waals surface area contributed by atoms with Crippen molar-refractivity contribution in [1.82, 2.24) is 4.31 Å². The quantitative estimate of drug-likeness (QED) is 0.674. The van der Waals surface area contributed by atoms with Gasteiger partial charge in [-0.3, -0.25) is 4.79 Å². The number of hydrogen-bond donors (Lipinski definition) is 1. The van der Waals surface area contributed by atoms with Crippen LogP contribution in [0.3, 0.4) is 0 Å². The molecule has 6 nitrogen and oxygen atoms in total. The van der Waals surface area contributed by atoms with E-state index in [0.29, 0.717) is 22.5 Å². The van der Waals surface area contributed by atoms with Gasteiger partial charge in [-0.2, -0.15) is 4.31 Å². The Morgan fingerprint density at radius 1 is 1.16 bits per heavy atom. The van der Waals surface area contributed by atoms with Crippen LogP contribution < -0.4 is 10.1 Å². The van der Waals surface area contributed by atoms with Crippen LogP contribution in [0.5, 0.6) is 5.75 Å². The lowest BCUT2D eigenvalue weighted by atomic mass is 9.97. The zero-order valence-corrected chi connectivity index (χ0v) is 18.6. The Labute approximate surface area is 185 Å². The molecule has 3 rings (SSSR count). The highest BCUT2D eigenvalue weighted by atomic mass is 35.5. The molecule has 0 unspecified atom stereocenters. The fourth-order valence-corrected chi connectivity index (χ4v) is 5.12. The molecule has 0 spiro atoms. The summed E-state index contributed by atoms with van der Waals surface area (Å²) in [6.45, 7) is 3.80. The fraction of sp³-hybridized carbons (Fsp3) is 0.381. The van der Waals surface area contributed by atoms with Gasteiger partial charge in [0.25, 0.3) is 0 Å². The molecular weight excluding hydrogens is 450 g/mol. The lowest BCUT2D eigenvalue weighted by Gasteiger charge is -2.30. The summed E-state index contributed by atoms with van der Waals surface area (Å²) < 4.78 is 59.3. The number of anilines is 1. The smallest absolute Gasteiger partial charge is 0.246 e. The first-order chi connectivity index (χ1) is 14.6. The molecule has 1 fully saturated rings. The molecule has 1 aliphatic heterocycles. The average Bonchev–Trinajstić information content (AvgIpc) is 2.71. The van der Waals surface area contributed by atoms with Gasteiger partial charge in [0.2, 0.25) is 15.9 Å². The Balaban J connectivity index is 1.62. The largest absolute Gasteiger partial charge is 0.489 e. The third kappa shape index (κ3) is 5.53. The number of nitrogens with one attached hydrogen (secondary N) is 1. The molecule has 0 saturated carbocycles. The van der Waals surface area contributed by atoms with E-state index in [1.54, 1.807) is 18.2 Å². The molecule has 168 valence electrons. The number of carbonyl (C=O) groups is 1. The minimum Gasteiger partial charge on any atom is -0.489 e. The van der Waals surface area contributed by atoms with E-state index in [4.69, 9.17) is 16.3 Å². The van der Waals surface area contributed by atoms with Crippen molar-refractivity contribution in [2.75, 3.05) is 18.4 Å². The van der Waals surface area contributed by atoms with Crippen molar-refractivity contribution in [3.63, 3.8) is 0 Å². The third-order valence-corrected chi connectivity index (χ3v) is 7.11. The maximum atomic E-state index is 13.9. The van der Waals surface area contributed by atoms with Gasteiger partial charge in [0, 0.05) is 24.7 Å². The number of sulfonamides is 1. The van der Waals surface area contributed by atoms with Gasteiger partial charge >= 0.3 is 0 Å². The van der Waals surface area contributed by atoms with Crippen LogP contribution in [0.1, 0.15) is 26.7 Å². The van der Waals surface area contributed by atoms with Crippen molar-refractivity contribution >= 4 is 33.2 Å². The molecule has 0 radical (unpaired) electrons. The van der Waals surface area contributed by atoms with Gasteiger partial charge in [0.05, 0.1) is 11.1 Å². The van der Waals surface area contributed by atoms with Gasteiger partial charge < -0.3 is 10.1 Å². The van der Waals surface area contributed by atoms with E-state index >= 15 is 0 Å². The predicted octanol–water partition coefficient (Wildman–Crippen LogP) is 4.44. The predicted molar refractivity (Wildman–Crippen MR) is 114 cm³/mol. The van der Waals surface area contributed by atoms with Crippen LogP contribution in [-0.4, -0.2) is 37.8 Å². The summed E-state index contributed by atoms with van der Waals surface area (Å²) in [4.78, 5) is 11.9. The van der Waals surface area contributed by atoms with Crippen LogP contribution in [0.2, 0.25) is 5.02 Å². The van der Waals surface area contributed by atoms with Crippen LogP contribution >= 0.6 is 11.6 Å². The van der Waals surface area contributed by atoms with Crippen LogP contribution in [0.25, 0.3) is 0 Å². The Morgan fingerprint density at radius 3 is 2.45 bits per heavy atom. The number of ether oxygens (including phenoxy) is 1. The van der Waals surface area contributed by atoms with Crippen molar-refractivity contribution in [1.29, 1.82) is 0 Å². The summed E-state index contributed by atoms with van der Waals surface area (Å²) in [7, 11) is -4.19. The summed E-state index contributed by atoms with van der Waals surface area (Å²) in [6.07, 6.45) is 0.467. The van der Waals surface area contributed by atoms with Gasteiger partial charge in [-0.1, -0.05) is 11.6 Å².